The molecule has 4 heteroatoms. The van der Waals surface area contributed by atoms with Crippen molar-refractivity contribution in [2.24, 2.45) is 0 Å². The summed E-state index contributed by atoms with van der Waals surface area (Å²) in [4.78, 5) is 12.1. The summed E-state index contributed by atoms with van der Waals surface area (Å²) in [6.07, 6.45) is 0.837. The number of halogens is 1. The first-order valence-electron chi connectivity index (χ1n) is 6.07. The van der Waals surface area contributed by atoms with E-state index >= 15 is 0 Å². The molecule has 0 aliphatic heterocycles. The van der Waals surface area contributed by atoms with Gasteiger partial charge in [0.2, 0.25) is 5.43 Å². The third-order valence-corrected chi connectivity index (χ3v) is 3.22. The minimum atomic E-state index is -0.264. The zero-order valence-corrected chi connectivity index (χ0v) is 12.4. The second-order valence-electron chi connectivity index (χ2n) is 4.40. The summed E-state index contributed by atoms with van der Waals surface area (Å²) in [7, 11) is 0. The Kier molecular flexibility index (Phi) is 6.36. The topological polar surface area (TPSA) is 46.5 Å². The van der Waals surface area contributed by atoms with E-state index in [9.17, 15) is 9.90 Å². The van der Waals surface area contributed by atoms with Gasteiger partial charge in [0.05, 0.1) is 13.2 Å². The molecule has 0 spiro atoms. The van der Waals surface area contributed by atoms with E-state index in [-0.39, 0.29) is 12.0 Å². The molecule has 1 aromatic carbocycles. The van der Waals surface area contributed by atoms with Gasteiger partial charge in [0.1, 0.15) is 0 Å². The first-order valence-corrected chi connectivity index (χ1v) is 7.19. The average molecular weight is 315 g/mol. The lowest BCUT2D eigenvalue weighted by Gasteiger charge is -2.05. The highest BCUT2D eigenvalue weighted by Crippen LogP contribution is 2.17. The van der Waals surface area contributed by atoms with E-state index in [0.717, 1.165) is 17.3 Å². The molecule has 0 aliphatic rings. The van der Waals surface area contributed by atoms with Gasteiger partial charge in [-0.3, -0.25) is 4.79 Å². The molecule has 0 saturated carbocycles. The van der Waals surface area contributed by atoms with Crippen LogP contribution in [0, 0.1) is 0 Å². The van der Waals surface area contributed by atoms with Crippen molar-refractivity contribution < 1.29 is 9.84 Å². The number of hydrogen-bond acceptors (Lipinski definition) is 3. The SMILES string of the molecule is CC(C)c1ccc(CO)c(=O)c(OCCCBr)c1. The molecule has 0 heterocycles. The molecule has 0 aromatic heterocycles. The first-order chi connectivity index (χ1) is 8.60. The number of hydrogen-bond donors (Lipinski definition) is 1. The third kappa shape index (κ3) is 4.10. The van der Waals surface area contributed by atoms with Gasteiger partial charge in [0, 0.05) is 10.9 Å². The van der Waals surface area contributed by atoms with Gasteiger partial charge in [-0.1, -0.05) is 41.9 Å². The molecule has 0 aliphatic carbocycles. The van der Waals surface area contributed by atoms with Crippen LogP contribution in [0.4, 0.5) is 0 Å². The Balaban J connectivity index is 3.15. The van der Waals surface area contributed by atoms with Crippen molar-refractivity contribution in [1.82, 2.24) is 0 Å². The van der Waals surface area contributed by atoms with Gasteiger partial charge in [0.15, 0.2) is 5.75 Å². The minimum Gasteiger partial charge on any atom is -0.489 e. The Morgan fingerprint density at radius 2 is 2.11 bits per heavy atom. The van der Waals surface area contributed by atoms with Crippen LogP contribution < -0.4 is 10.2 Å². The number of rotatable bonds is 6. The maximum atomic E-state index is 12.1. The zero-order valence-electron chi connectivity index (χ0n) is 10.8. The first kappa shape index (κ1) is 15.2. The molecule has 0 atom stereocenters. The van der Waals surface area contributed by atoms with E-state index in [0.29, 0.717) is 23.8 Å². The van der Waals surface area contributed by atoms with Crippen LogP contribution in [0.1, 0.15) is 37.3 Å². The molecule has 0 radical (unpaired) electrons. The molecular weight excluding hydrogens is 296 g/mol. The normalized spacial score (nSPS) is 10.7. The second kappa shape index (κ2) is 7.54. The molecule has 1 N–H and O–H groups in total. The lowest BCUT2D eigenvalue weighted by molar-refractivity contribution is 0.278. The van der Waals surface area contributed by atoms with Crippen LogP contribution in [0.15, 0.2) is 23.0 Å². The summed E-state index contributed by atoms with van der Waals surface area (Å²) in [6.45, 7) is 4.34. The third-order valence-electron chi connectivity index (χ3n) is 2.66. The monoisotopic (exact) mass is 314 g/mol. The number of aliphatic hydroxyl groups is 1. The average Bonchev–Trinajstić information content (AvgIpc) is 2.50. The van der Waals surface area contributed by atoms with Gasteiger partial charge in [-0.2, -0.15) is 0 Å². The molecule has 0 saturated heterocycles. The van der Waals surface area contributed by atoms with Crippen molar-refractivity contribution in [1.29, 1.82) is 0 Å². The van der Waals surface area contributed by atoms with Crippen LogP contribution in [0.3, 0.4) is 0 Å². The second-order valence-corrected chi connectivity index (χ2v) is 5.19. The van der Waals surface area contributed by atoms with E-state index in [4.69, 9.17) is 4.74 Å². The molecular formula is C14H19BrO3. The van der Waals surface area contributed by atoms with Crippen molar-refractivity contribution >= 4 is 15.9 Å². The van der Waals surface area contributed by atoms with E-state index in [1.807, 2.05) is 6.07 Å². The fraction of sp³-hybridized carbons (Fsp3) is 0.500. The Hall–Kier alpha value is -0.870. The highest BCUT2D eigenvalue weighted by molar-refractivity contribution is 9.09. The summed E-state index contributed by atoms with van der Waals surface area (Å²) in [5, 5.41) is 10.0. The van der Waals surface area contributed by atoms with E-state index < -0.39 is 0 Å². The number of alkyl halides is 1. The van der Waals surface area contributed by atoms with Crippen LogP contribution in [0.25, 0.3) is 0 Å². The van der Waals surface area contributed by atoms with Crippen LogP contribution in [-0.4, -0.2) is 17.0 Å². The van der Waals surface area contributed by atoms with E-state index in [2.05, 4.69) is 29.8 Å². The van der Waals surface area contributed by atoms with E-state index in [1.54, 1.807) is 12.1 Å². The molecule has 100 valence electrons. The Bertz CT molecular complexity index is 444. The summed E-state index contributed by atoms with van der Waals surface area (Å²) in [5.74, 6) is 0.635. The van der Waals surface area contributed by atoms with Crippen LogP contribution in [0.2, 0.25) is 0 Å². The van der Waals surface area contributed by atoms with E-state index in [1.165, 1.54) is 0 Å². The molecule has 0 fully saturated rings. The number of ether oxygens (including phenoxy) is 1. The lowest BCUT2D eigenvalue weighted by atomic mass is 10.1. The van der Waals surface area contributed by atoms with Gasteiger partial charge in [-0.25, -0.2) is 0 Å². The summed E-state index contributed by atoms with van der Waals surface area (Å²) >= 11 is 3.32. The quantitative estimate of drug-likeness (QED) is 0.648. The van der Waals surface area contributed by atoms with Gasteiger partial charge in [-0.05, 0) is 24.0 Å². The van der Waals surface area contributed by atoms with Crippen molar-refractivity contribution in [2.75, 3.05) is 11.9 Å². The highest BCUT2D eigenvalue weighted by atomic mass is 79.9. The van der Waals surface area contributed by atoms with Crippen LogP contribution in [-0.2, 0) is 6.61 Å². The van der Waals surface area contributed by atoms with Gasteiger partial charge in [-0.15, -0.1) is 0 Å². The maximum Gasteiger partial charge on any atom is 0.225 e. The smallest absolute Gasteiger partial charge is 0.225 e. The van der Waals surface area contributed by atoms with Crippen molar-refractivity contribution in [2.45, 2.75) is 32.8 Å². The zero-order chi connectivity index (χ0) is 13.5. The number of aliphatic hydroxyl groups excluding tert-OH is 1. The van der Waals surface area contributed by atoms with Gasteiger partial charge >= 0.3 is 0 Å². The molecule has 0 bridgehead atoms. The maximum absolute atomic E-state index is 12.1. The molecule has 18 heavy (non-hydrogen) atoms. The van der Waals surface area contributed by atoms with Crippen molar-refractivity contribution in [3.05, 3.63) is 39.5 Å². The molecule has 3 nitrogen and oxygen atoms in total. The standard InChI is InChI=1S/C14H19BrO3/c1-10(2)11-4-5-12(9-16)14(17)13(8-11)18-7-3-6-15/h4-5,8,10,16H,3,6-7,9H2,1-2H3. The summed E-state index contributed by atoms with van der Waals surface area (Å²) in [5.41, 5.74) is 1.18. The summed E-state index contributed by atoms with van der Waals surface area (Å²) in [6, 6.07) is 5.32. The van der Waals surface area contributed by atoms with Gasteiger partial charge in [0.25, 0.3) is 0 Å². The van der Waals surface area contributed by atoms with Crippen molar-refractivity contribution in [3.8, 4) is 5.75 Å². The van der Waals surface area contributed by atoms with Crippen LogP contribution >= 0.6 is 15.9 Å². The molecule has 1 aromatic rings. The van der Waals surface area contributed by atoms with Crippen molar-refractivity contribution in [3.63, 3.8) is 0 Å². The molecule has 1 rings (SSSR count). The molecule has 0 unspecified atom stereocenters. The minimum absolute atomic E-state index is 0.223. The predicted octanol–water partition coefficient (Wildman–Crippen LogP) is 2.83. The fourth-order valence-corrected chi connectivity index (χ4v) is 1.75. The predicted molar refractivity (Wildman–Crippen MR) is 76.6 cm³/mol. The Morgan fingerprint density at radius 1 is 1.39 bits per heavy atom. The lowest BCUT2D eigenvalue weighted by Crippen LogP contribution is -2.11. The largest absolute Gasteiger partial charge is 0.489 e. The molecule has 0 amide bonds. The highest BCUT2D eigenvalue weighted by Gasteiger charge is 2.08. The Labute approximate surface area is 116 Å². The Morgan fingerprint density at radius 3 is 2.67 bits per heavy atom. The fourth-order valence-electron chi connectivity index (χ4n) is 1.52. The summed E-state index contributed by atoms with van der Waals surface area (Å²) < 4.78 is 5.52. The van der Waals surface area contributed by atoms with Crippen LogP contribution in [0.5, 0.6) is 5.75 Å². The van der Waals surface area contributed by atoms with Gasteiger partial charge < -0.3 is 9.84 Å².